The molecule has 0 saturated carbocycles. The van der Waals surface area contributed by atoms with Crippen LogP contribution in [0.5, 0.6) is 11.8 Å². The number of terminal acetylenes is 1. The Balaban J connectivity index is 0.700. The minimum Gasteiger partial charge on any atom is -0.468 e. The molecule has 0 spiro atoms. The summed E-state index contributed by atoms with van der Waals surface area (Å²) in [5.41, 5.74) is 1.67. The Hall–Kier alpha value is -7.45. The highest BCUT2D eigenvalue weighted by Crippen LogP contribution is 2.42. The van der Waals surface area contributed by atoms with Crippen molar-refractivity contribution in [2.24, 2.45) is 5.92 Å². The van der Waals surface area contributed by atoms with Gasteiger partial charge in [0, 0.05) is 101 Å². The van der Waals surface area contributed by atoms with Crippen LogP contribution in [0.3, 0.4) is 0 Å². The van der Waals surface area contributed by atoms with Gasteiger partial charge in [-0.25, -0.2) is 18.4 Å². The van der Waals surface area contributed by atoms with Crippen LogP contribution in [-0.4, -0.2) is 173 Å². The van der Waals surface area contributed by atoms with Gasteiger partial charge in [-0.15, -0.1) is 6.42 Å². The molecule has 0 radical (unpaired) electrons. The molecule has 3 unspecified atom stereocenters. The first-order valence-electron chi connectivity index (χ1n) is 30.4. The van der Waals surface area contributed by atoms with Gasteiger partial charge >= 0.3 is 17.8 Å². The number of piperazine rings is 1. The zero-order valence-corrected chi connectivity index (χ0v) is 50.2. The molecule has 6 aliphatic rings. The Morgan fingerprint density at radius 2 is 1.63 bits per heavy atom. The van der Waals surface area contributed by atoms with Crippen LogP contribution >= 0.6 is 0 Å². The number of likely N-dealkylation sites (tertiary alicyclic amines) is 2. The molecule has 3 aromatic carbocycles. The number of carbonyl (C=O) groups is 3. The number of aromatic nitrogens is 5. The fourth-order valence-electron chi connectivity index (χ4n) is 14.0. The third-order valence-electron chi connectivity index (χ3n) is 18.2. The molecule has 20 nitrogen and oxygen atoms in total. The Labute approximate surface area is 499 Å². The molecule has 5 atom stereocenters. The molecule has 0 aliphatic carbocycles. The van der Waals surface area contributed by atoms with E-state index in [-0.39, 0.29) is 102 Å². The van der Waals surface area contributed by atoms with Crippen LogP contribution in [0.4, 0.5) is 25.1 Å². The summed E-state index contributed by atoms with van der Waals surface area (Å²) < 4.78 is 66.6. The molecule has 6 saturated heterocycles. The lowest BCUT2D eigenvalue weighted by molar-refractivity contribution is -0.135. The van der Waals surface area contributed by atoms with Gasteiger partial charge in [0.1, 0.15) is 46.8 Å². The van der Waals surface area contributed by atoms with Crippen molar-refractivity contribution in [3.8, 4) is 35.4 Å². The Morgan fingerprint density at radius 1 is 0.872 bits per heavy atom. The molecule has 1 N–H and O–H groups in total. The number of amides is 3. The summed E-state index contributed by atoms with van der Waals surface area (Å²) in [6.45, 7) is 16.0. The first-order chi connectivity index (χ1) is 41.3. The van der Waals surface area contributed by atoms with Gasteiger partial charge in [0.05, 0.1) is 46.3 Å². The maximum atomic E-state index is 17.7. The summed E-state index contributed by atoms with van der Waals surface area (Å²) in [7, 11) is 3.54. The molecule has 6 fully saturated rings. The van der Waals surface area contributed by atoms with E-state index in [0.29, 0.717) is 58.7 Å². The van der Waals surface area contributed by atoms with Crippen LogP contribution in [0.2, 0.25) is 0 Å². The smallest absolute Gasteiger partial charge is 0.410 e. The van der Waals surface area contributed by atoms with Crippen molar-refractivity contribution in [3.05, 3.63) is 76.3 Å². The number of hydrogen-bond acceptors (Lipinski definition) is 16. The topological polar surface area (TPSA) is 191 Å². The molecule has 22 heteroatoms. The number of rotatable bonds is 15. The van der Waals surface area contributed by atoms with E-state index in [2.05, 4.69) is 50.0 Å². The van der Waals surface area contributed by atoms with Crippen molar-refractivity contribution in [1.82, 2.24) is 44.1 Å². The van der Waals surface area contributed by atoms with Gasteiger partial charge in [-0.2, -0.15) is 9.97 Å². The number of nitrogens with zero attached hydrogens (tertiary/aromatic N) is 10. The molecule has 3 amide bonds. The number of fused-ring (bicyclic) bond motifs is 5. The van der Waals surface area contributed by atoms with E-state index >= 15 is 8.78 Å². The Kier molecular flexibility index (Phi) is 16.5. The number of anilines is 2. The van der Waals surface area contributed by atoms with Gasteiger partial charge < -0.3 is 38.4 Å². The largest absolute Gasteiger partial charge is 0.468 e. The van der Waals surface area contributed by atoms with Gasteiger partial charge in [0.2, 0.25) is 11.8 Å². The third-order valence-corrected chi connectivity index (χ3v) is 18.2. The number of benzene rings is 3. The van der Waals surface area contributed by atoms with E-state index in [1.54, 1.807) is 27.3 Å². The summed E-state index contributed by atoms with van der Waals surface area (Å²) in [5.74, 6) is 1.63. The van der Waals surface area contributed by atoms with Crippen molar-refractivity contribution in [3.63, 3.8) is 0 Å². The minimum absolute atomic E-state index is 0.00738. The molecule has 3 aromatic heterocycles. The fraction of sp³-hybridized carbons (Fsp3) is 0.547. The number of pyridine rings is 1. The summed E-state index contributed by atoms with van der Waals surface area (Å²) in [6.07, 6.45) is 14.0. The number of ether oxygens (including phenoxy) is 5. The summed E-state index contributed by atoms with van der Waals surface area (Å²) in [5, 5.41) is 3.57. The second kappa shape index (κ2) is 24.0. The van der Waals surface area contributed by atoms with E-state index in [1.165, 1.54) is 19.4 Å². The number of hydrogen-bond donors (Lipinski definition) is 1. The maximum Gasteiger partial charge on any atom is 0.410 e. The minimum atomic E-state index is -0.778. The molecule has 86 heavy (non-hydrogen) atoms. The van der Waals surface area contributed by atoms with E-state index in [9.17, 15) is 19.2 Å². The number of halogens is 2. The second-order valence-electron chi connectivity index (χ2n) is 25.5. The number of imidazole rings is 1. The Bertz CT molecular complexity index is 3680. The van der Waals surface area contributed by atoms with Crippen LogP contribution in [0.15, 0.2) is 53.5 Å². The molecule has 6 aromatic rings. The number of likely N-dealkylation sites (N-methyl/N-ethyl adjacent to an activating group) is 1. The predicted molar refractivity (Wildman–Crippen MR) is 322 cm³/mol. The highest BCUT2D eigenvalue weighted by atomic mass is 19.1. The van der Waals surface area contributed by atoms with Crippen LogP contribution in [-0.2, 0) is 23.8 Å². The number of imide groups is 1. The summed E-state index contributed by atoms with van der Waals surface area (Å²) in [6, 6.07) is 10.9. The molecular formula is C64H77F2N11O9. The van der Waals surface area contributed by atoms with Crippen molar-refractivity contribution in [2.75, 3.05) is 89.7 Å². The first kappa shape index (κ1) is 58.9. The lowest BCUT2D eigenvalue weighted by atomic mass is 9.94. The average molecular weight is 1180 g/mol. The number of nitrogens with one attached hydrogen (secondary N) is 1. The number of piperidine rings is 3. The highest BCUT2D eigenvalue weighted by molar-refractivity contribution is 6.03. The third kappa shape index (κ3) is 11.7. The monoisotopic (exact) mass is 1180 g/mol. The SMILES string of the molecule is C#Cc1c(F)ccc2cc(OCOC)cc(-c3ncc4c(N5CC6CCC(C5)N6C(=O)OC(C)(C)C)nc(OC[C@@H]5C[C@@H](OC6CCN(CC7CCN(c8ccc9c(c8)n(C(C)C)c(=O)n9C8CCC(=O)NC8=O)CC7)CC6)CN5C)nc4c3F)c12. The van der Waals surface area contributed by atoms with Crippen LogP contribution < -0.4 is 30.3 Å². The van der Waals surface area contributed by atoms with Crippen molar-refractivity contribution in [1.29, 1.82) is 0 Å². The molecule has 9 heterocycles. The Morgan fingerprint density at radius 3 is 2.33 bits per heavy atom. The fourth-order valence-corrected chi connectivity index (χ4v) is 14.0. The van der Waals surface area contributed by atoms with Gasteiger partial charge in [0.15, 0.2) is 12.6 Å². The normalized spacial score (nSPS) is 22.8. The first-order valence-corrected chi connectivity index (χ1v) is 30.4. The van der Waals surface area contributed by atoms with Gasteiger partial charge in [-0.1, -0.05) is 12.0 Å². The molecule has 456 valence electrons. The summed E-state index contributed by atoms with van der Waals surface area (Å²) >= 11 is 0. The standard InChI is InChI=1S/C64H77F2N11O9/c1-9-47-50(65)14-10-39-26-45(84-36-82-8)29-48(55(39)47)57-56(66)58-49(30-67-57)59(74-32-41-11-12-42(33-74)76(41)63(81)86-64(4,5)6)70-61(69-58)83-35-43-27-46(34-71(43)7)85-44-20-22-72(23-21-44)31-38-18-24-73(25-19-38)40-13-15-51-53(28-40)75(37(2)3)62(80)77(51)52-16-17-54(78)68-60(52)79/h1,10,13-15,26,28-30,37-38,41-44,46,52H,11-12,16-25,27,31-36H2,2-8H3,(H,68,78,79)/t41?,42?,43-,46+,52?/m0/s1. The molecule has 2 bridgehead atoms. The highest BCUT2D eigenvalue weighted by Gasteiger charge is 2.46. The zero-order chi connectivity index (χ0) is 60.3. The summed E-state index contributed by atoms with van der Waals surface area (Å²) in [4.78, 5) is 77.7. The van der Waals surface area contributed by atoms with E-state index in [4.69, 9.17) is 45.1 Å². The van der Waals surface area contributed by atoms with Crippen molar-refractivity contribution < 1.29 is 46.8 Å². The molecule has 6 aliphatic heterocycles. The van der Waals surface area contributed by atoms with Crippen molar-refractivity contribution in [2.45, 2.75) is 140 Å². The lowest BCUT2D eigenvalue weighted by Gasteiger charge is -2.42. The van der Waals surface area contributed by atoms with Crippen LogP contribution in [0.1, 0.15) is 110 Å². The van der Waals surface area contributed by atoms with Gasteiger partial charge in [-0.3, -0.25) is 38.8 Å². The van der Waals surface area contributed by atoms with E-state index in [0.717, 1.165) is 95.4 Å². The van der Waals surface area contributed by atoms with E-state index in [1.807, 2.05) is 45.6 Å². The number of methoxy groups -OCH3 is 1. The average Bonchev–Trinajstić information content (AvgIpc) is 1.63. The zero-order valence-electron chi connectivity index (χ0n) is 50.2. The molecular weight excluding hydrogens is 1100 g/mol. The molecule has 12 rings (SSSR count). The predicted octanol–water partition coefficient (Wildman–Crippen LogP) is 8.20. The van der Waals surface area contributed by atoms with Crippen LogP contribution in [0.25, 0.3) is 44.0 Å². The van der Waals surface area contributed by atoms with Crippen LogP contribution in [0, 0.1) is 29.9 Å². The second-order valence-corrected chi connectivity index (χ2v) is 25.5. The van der Waals surface area contributed by atoms with Crippen molar-refractivity contribution >= 4 is 62.1 Å². The quantitative estimate of drug-likeness (QED) is 0.0587. The van der Waals surface area contributed by atoms with Gasteiger partial charge in [0.25, 0.3) is 0 Å². The lowest BCUT2D eigenvalue weighted by Crippen LogP contribution is -2.57. The number of carbonyl (C=O) groups excluding carboxylic acids is 3. The maximum absolute atomic E-state index is 17.7. The van der Waals surface area contributed by atoms with E-state index < -0.39 is 29.2 Å². The van der Waals surface area contributed by atoms with Gasteiger partial charge in [-0.05, 0) is 141 Å².